The van der Waals surface area contributed by atoms with Gasteiger partial charge in [-0.05, 0) is 53.1 Å². The summed E-state index contributed by atoms with van der Waals surface area (Å²) in [5.74, 6) is 0.390. The maximum absolute atomic E-state index is 12.9. The van der Waals surface area contributed by atoms with Crippen molar-refractivity contribution in [3.05, 3.63) is 96.6 Å². The largest absolute Gasteiger partial charge is 0.436 e. The molecule has 1 aromatic heterocycles. The van der Waals surface area contributed by atoms with Gasteiger partial charge in [-0.1, -0.05) is 67.6 Å². The Morgan fingerprint density at radius 3 is 2.58 bits per heavy atom. The second kappa shape index (κ2) is 8.07. The smallest absolute Gasteiger partial charge is 0.227 e. The molecule has 1 N–H and O–H groups in total. The fourth-order valence-electron chi connectivity index (χ4n) is 3.87. The zero-order valence-corrected chi connectivity index (χ0v) is 17.2. The van der Waals surface area contributed by atoms with E-state index in [-0.39, 0.29) is 11.8 Å². The Bertz CT molecular complexity index is 1370. The molecule has 0 aliphatic rings. The van der Waals surface area contributed by atoms with Crippen LogP contribution in [0.15, 0.2) is 95.4 Å². The highest BCUT2D eigenvalue weighted by Gasteiger charge is 2.16. The lowest BCUT2D eigenvalue weighted by atomic mass is 9.95. The average Bonchev–Trinajstić information content (AvgIpc) is 3.23. The van der Waals surface area contributed by atoms with Crippen LogP contribution in [0.1, 0.15) is 12.5 Å². The summed E-state index contributed by atoms with van der Waals surface area (Å²) in [6.45, 7) is 1.96. The van der Waals surface area contributed by atoms with Gasteiger partial charge >= 0.3 is 0 Å². The minimum Gasteiger partial charge on any atom is -0.436 e. The summed E-state index contributed by atoms with van der Waals surface area (Å²) in [5.41, 5.74) is 4.24. The number of amides is 1. The molecular formula is C27H22N2O2. The van der Waals surface area contributed by atoms with Crippen molar-refractivity contribution < 1.29 is 9.21 Å². The molecule has 0 spiro atoms. The summed E-state index contributed by atoms with van der Waals surface area (Å²) in [6, 6.07) is 29.9. The highest BCUT2D eigenvalue weighted by molar-refractivity contribution is 5.95. The molecule has 5 aromatic rings. The second-order valence-electron chi connectivity index (χ2n) is 7.80. The number of hydrogen-bond donors (Lipinski definition) is 1. The molecular weight excluding hydrogens is 384 g/mol. The van der Waals surface area contributed by atoms with Crippen LogP contribution in [0.25, 0.3) is 33.3 Å². The molecule has 1 amide bonds. The van der Waals surface area contributed by atoms with Gasteiger partial charge in [-0.2, -0.15) is 0 Å². The highest BCUT2D eigenvalue weighted by atomic mass is 16.3. The first-order valence-corrected chi connectivity index (χ1v) is 10.4. The first-order chi connectivity index (χ1) is 15.2. The number of nitrogens with zero attached hydrogens (tertiary/aromatic N) is 1. The zero-order valence-electron chi connectivity index (χ0n) is 17.2. The molecule has 0 radical (unpaired) electrons. The number of fused-ring (bicyclic) bond motifs is 2. The lowest BCUT2D eigenvalue weighted by molar-refractivity contribution is -0.119. The van der Waals surface area contributed by atoms with Gasteiger partial charge in [0.25, 0.3) is 0 Å². The van der Waals surface area contributed by atoms with Crippen molar-refractivity contribution >= 4 is 33.5 Å². The van der Waals surface area contributed by atoms with Crippen LogP contribution in [-0.4, -0.2) is 10.9 Å². The number of nitrogens with one attached hydrogen (secondary N) is 1. The Balaban J connectivity index is 1.33. The van der Waals surface area contributed by atoms with Crippen LogP contribution in [0.3, 0.4) is 0 Å². The molecule has 0 fully saturated rings. The van der Waals surface area contributed by atoms with Crippen molar-refractivity contribution in [2.45, 2.75) is 13.3 Å². The van der Waals surface area contributed by atoms with E-state index in [4.69, 9.17) is 4.42 Å². The van der Waals surface area contributed by atoms with Gasteiger partial charge in [-0.25, -0.2) is 4.98 Å². The fourth-order valence-corrected chi connectivity index (χ4v) is 3.87. The third-order valence-corrected chi connectivity index (χ3v) is 5.53. The Kier molecular flexibility index (Phi) is 4.97. The van der Waals surface area contributed by atoms with Crippen molar-refractivity contribution in [3.8, 4) is 11.5 Å². The number of aromatic nitrogens is 1. The number of benzene rings is 4. The molecule has 5 rings (SSSR count). The third-order valence-electron chi connectivity index (χ3n) is 5.53. The summed E-state index contributed by atoms with van der Waals surface area (Å²) in [4.78, 5) is 17.4. The molecule has 0 aliphatic heterocycles. The topological polar surface area (TPSA) is 55.1 Å². The Hall–Kier alpha value is -3.92. The minimum absolute atomic E-state index is 0.0148. The number of rotatable bonds is 5. The first kappa shape index (κ1) is 19.1. The predicted octanol–water partition coefficient (Wildman–Crippen LogP) is 6.47. The second-order valence-corrected chi connectivity index (χ2v) is 7.80. The summed E-state index contributed by atoms with van der Waals surface area (Å²) in [6.07, 6.45) is 0.678. The molecule has 4 aromatic carbocycles. The minimum atomic E-state index is -0.168. The number of carbonyl (C=O) groups excluding carboxylic acids is 1. The molecule has 4 nitrogen and oxygen atoms in total. The van der Waals surface area contributed by atoms with Crippen LogP contribution in [0.5, 0.6) is 0 Å². The van der Waals surface area contributed by atoms with Gasteiger partial charge < -0.3 is 9.73 Å². The van der Waals surface area contributed by atoms with Crippen LogP contribution in [0.4, 0.5) is 5.69 Å². The van der Waals surface area contributed by atoms with Gasteiger partial charge in [0.2, 0.25) is 11.8 Å². The van der Waals surface area contributed by atoms with Crippen LogP contribution >= 0.6 is 0 Å². The standard InChI is InChI=1S/C27H22N2O2/c1-18(16-21-12-7-11-19-8-5-6-13-23(19)21)26(30)28-22-14-15-25-24(17-22)29-27(31-25)20-9-3-2-4-10-20/h2-15,17-18H,16H2,1H3,(H,28,30)/t18-/m0/s1. The first-order valence-electron chi connectivity index (χ1n) is 10.4. The van der Waals surface area contributed by atoms with E-state index in [1.165, 1.54) is 16.3 Å². The maximum atomic E-state index is 12.9. The van der Waals surface area contributed by atoms with E-state index in [2.05, 4.69) is 34.6 Å². The Morgan fingerprint density at radius 2 is 1.71 bits per heavy atom. The summed E-state index contributed by atoms with van der Waals surface area (Å²) < 4.78 is 5.86. The van der Waals surface area contributed by atoms with Gasteiger partial charge in [0.1, 0.15) is 5.52 Å². The van der Waals surface area contributed by atoms with Gasteiger partial charge in [0.05, 0.1) is 0 Å². The lowest BCUT2D eigenvalue weighted by Crippen LogP contribution is -2.22. The molecule has 0 saturated heterocycles. The van der Waals surface area contributed by atoms with E-state index < -0.39 is 0 Å². The number of hydrogen-bond acceptors (Lipinski definition) is 3. The monoisotopic (exact) mass is 406 g/mol. The van der Waals surface area contributed by atoms with Crippen molar-refractivity contribution in [1.29, 1.82) is 0 Å². The van der Waals surface area contributed by atoms with Crippen molar-refractivity contribution in [2.24, 2.45) is 5.92 Å². The Morgan fingerprint density at radius 1 is 0.935 bits per heavy atom. The Labute approximate surface area is 180 Å². The van der Waals surface area contributed by atoms with Crippen molar-refractivity contribution in [2.75, 3.05) is 5.32 Å². The van der Waals surface area contributed by atoms with E-state index in [0.29, 0.717) is 17.9 Å². The van der Waals surface area contributed by atoms with Crippen LogP contribution in [-0.2, 0) is 11.2 Å². The SMILES string of the molecule is C[C@@H](Cc1cccc2ccccc12)C(=O)Nc1ccc2oc(-c3ccccc3)nc2c1. The van der Waals surface area contributed by atoms with E-state index in [1.807, 2.05) is 73.7 Å². The predicted molar refractivity (Wildman–Crippen MR) is 125 cm³/mol. The normalized spacial score (nSPS) is 12.2. The molecule has 0 unspecified atom stereocenters. The summed E-state index contributed by atoms with van der Waals surface area (Å²) in [5, 5.41) is 5.42. The van der Waals surface area contributed by atoms with E-state index in [1.54, 1.807) is 0 Å². The lowest BCUT2D eigenvalue weighted by Gasteiger charge is -2.14. The number of carbonyl (C=O) groups is 1. The molecule has 0 aliphatic carbocycles. The molecule has 31 heavy (non-hydrogen) atoms. The van der Waals surface area contributed by atoms with Crippen LogP contribution in [0.2, 0.25) is 0 Å². The summed E-state index contributed by atoms with van der Waals surface area (Å²) >= 11 is 0. The number of oxazole rings is 1. The number of anilines is 1. The van der Waals surface area contributed by atoms with Gasteiger partial charge in [0, 0.05) is 17.2 Å². The van der Waals surface area contributed by atoms with Crippen molar-refractivity contribution in [1.82, 2.24) is 4.98 Å². The molecule has 4 heteroatoms. The van der Waals surface area contributed by atoms with Gasteiger partial charge in [0.15, 0.2) is 5.58 Å². The van der Waals surface area contributed by atoms with Gasteiger partial charge in [-0.15, -0.1) is 0 Å². The van der Waals surface area contributed by atoms with Gasteiger partial charge in [-0.3, -0.25) is 4.79 Å². The van der Waals surface area contributed by atoms with Crippen molar-refractivity contribution in [3.63, 3.8) is 0 Å². The third kappa shape index (κ3) is 3.92. The quantitative estimate of drug-likeness (QED) is 0.364. The van der Waals surface area contributed by atoms with E-state index in [0.717, 1.165) is 16.8 Å². The molecule has 0 saturated carbocycles. The van der Waals surface area contributed by atoms with E-state index >= 15 is 0 Å². The highest BCUT2D eigenvalue weighted by Crippen LogP contribution is 2.27. The average molecular weight is 406 g/mol. The van der Waals surface area contributed by atoms with Crippen LogP contribution < -0.4 is 5.32 Å². The summed E-state index contributed by atoms with van der Waals surface area (Å²) in [7, 11) is 0. The molecule has 0 bridgehead atoms. The molecule has 1 heterocycles. The van der Waals surface area contributed by atoms with E-state index in [9.17, 15) is 4.79 Å². The fraction of sp³-hybridized carbons (Fsp3) is 0.111. The molecule has 152 valence electrons. The maximum Gasteiger partial charge on any atom is 0.227 e. The van der Waals surface area contributed by atoms with Crippen LogP contribution in [0, 0.1) is 5.92 Å². The zero-order chi connectivity index (χ0) is 21.2. The molecule has 1 atom stereocenters.